The molecule has 0 saturated carbocycles. The Balaban J connectivity index is 2.46. The van der Waals surface area contributed by atoms with Gasteiger partial charge in [0.15, 0.2) is 0 Å². The smallest absolute Gasteiger partial charge is 0.434 e. The fraction of sp³-hybridized carbons (Fsp3) is 0.0909. The van der Waals surface area contributed by atoms with Gasteiger partial charge in [0.25, 0.3) is 0 Å². The first-order valence-electron chi connectivity index (χ1n) is 4.50. The lowest BCUT2D eigenvalue weighted by Gasteiger charge is -2.03. The standard InChI is InChI=1S/C11H10N2O2/c1-15-11(14)13-10(7-8-12-13)9-5-3-2-4-6-9/h2-8H,1H3. The lowest BCUT2D eigenvalue weighted by molar-refractivity contribution is 0.169. The van der Waals surface area contributed by atoms with Crippen molar-refractivity contribution in [3.8, 4) is 11.3 Å². The Morgan fingerprint density at radius 3 is 2.67 bits per heavy atom. The van der Waals surface area contributed by atoms with Gasteiger partial charge in [0, 0.05) is 5.56 Å². The SMILES string of the molecule is COC(=O)n1nccc1-c1ccccc1. The zero-order valence-electron chi connectivity index (χ0n) is 8.25. The highest BCUT2D eigenvalue weighted by Crippen LogP contribution is 2.17. The average molecular weight is 202 g/mol. The van der Waals surface area contributed by atoms with Gasteiger partial charge in [0.2, 0.25) is 0 Å². The molecule has 4 heteroatoms. The molecule has 2 aromatic rings. The van der Waals surface area contributed by atoms with E-state index in [0.717, 1.165) is 11.3 Å². The highest BCUT2D eigenvalue weighted by Gasteiger charge is 2.11. The number of carbonyl (C=O) groups excluding carboxylic acids is 1. The molecule has 4 nitrogen and oxygen atoms in total. The van der Waals surface area contributed by atoms with Crippen molar-refractivity contribution in [1.82, 2.24) is 9.78 Å². The molecule has 0 unspecified atom stereocenters. The van der Waals surface area contributed by atoms with Crippen molar-refractivity contribution in [2.45, 2.75) is 0 Å². The van der Waals surface area contributed by atoms with Gasteiger partial charge in [-0.3, -0.25) is 0 Å². The van der Waals surface area contributed by atoms with Gasteiger partial charge in [-0.25, -0.2) is 4.79 Å². The van der Waals surface area contributed by atoms with Gasteiger partial charge < -0.3 is 4.74 Å². The van der Waals surface area contributed by atoms with Crippen LogP contribution >= 0.6 is 0 Å². The molecule has 0 N–H and O–H groups in total. The van der Waals surface area contributed by atoms with E-state index in [9.17, 15) is 4.79 Å². The Bertz CT molecular complexity index is 462. The van der Waals surface area contributed by atoms with E-state index in [1.165, 1.54) is 11.8 Å². The molecule has 0 fully saturated rings. The number of aromatic nitrogens is 2. The van der Waals surface area contributed by atoms with Crippen LogP contribution in [0.5, 0.6) is 0 Å². The predicted molar refractivity (Wildman–Crippen MR) is 55.5 cm³/mol. The number of hydrogen-bond donors (Lipinski definition) is 0. The summed E-state index contributed by atoms with van der Waals surface area (Å²) < 4.78 is 5.85. The Morgan fingerprint density at radius 2 is 2.00 bits per heavy atom. The molecule has 0 bridgehead atoms. The van der Waals surface area contributed by atoms with Crippen LogP contribution in [-0.4, -0.2) is 23.0 Å². The second-order valence-corrected chi connectivity index (χ2v) is 2.96. The van der Waals surface area contributed by atoms with Crippen molar-refractivity contribution in [3.05, 3.63) is 42.6 Å². The van der Waals surface area contributed by atoms with Crippen LogP contribution in [0.4, 0.5) is 4.79 Å². The summed E-state index contributed by atoms with van der Waals surface area (Å²) >= 11 is 0. The normalized spacial score (nSPS) is 9.93. The van der Waals surface area contributed by atoms with Crippen LogP contribution in [0.3, 0.4) is 0 Å². The molecule has 15 heavy (non-hydrogen) atoms. The summed E-state index contributed by atoms with van der Waals surface area (Å²) in [7, 11) is 1.33. The van der Waals surface area contributed by atoms with E-state index in [2.05, 4.69) is 9.84 Å². The minimum atomic E-state index is -0.487. The zero-order valence-corrected chi connectivity index (χ0v) is 8.25. The Morgan fingerprint density at radius 1 is 1.27 bits per heavy atom. The van der Waals surface area contributed by atoms with Crippen LogP contribution in [0.25, 0.3) is 11.3 Å². The number of nitrogens with zero attached hydrogens (tertiary/aromatic N) is 2. The molecule has 0 aliphatic carbocycles. The molecule has 0 spiro atoms. The third-order valence-electron chi connectivity index (χ3n) is 2.06. The van der Waals surface area contributed by atoms with Crippen molar-refractivity contribution in [1.29, 1.82) is 0 Å². The van der Waals surface area contributed by atoms with E-state index < -0.39 is 6.09 Å². The molecule has 0 atom stereocenters. The second kappa shape index (κ2) is 3.96. The summed E-state index contributed by atoms with van der Waals surface area (Å²) in [6.07, 6.45) is 1.08. The average Bonchev–Trinajstić information content (AvgIpc) is 2.78. The fourth-order valence-corrected chi connectivity index (χ4v) is 1.36. The number of methoxy groups -OCH3 is 1. The Kier molecular flexibility index (Phi) is 2.49. The topological polar surface area (TPSA) is 44.1 Å². The second-order valence-electron chi connectivity index (χ2n) is 2.96. The molecule has 0 aliphatic rings. The van der Waals surface area contributed by atoms with Gasteiger partial charge in [0.1, 0.15) is 0 Å². The first kappa shape index (κ1) is 9.45. The van der Waals surface area contributed by atoms with E-state index in [1.807, 2.05) is 30.3 Å². The fourth-order valence-electron chi connectivity index (χ4n) is 1.36. The van der Waals surface area contributed by atoms with Crippen LogP contribution in [0, 0.1) is 0 Å². The first-order valence-corrected chi connectivity index (χ1v) is 4.50. The summed E-state index contributed by atoms with van der Waals surface area (Å²) in [6.45, 7) is 0. The van der Waals surface area contributed by atoms with Crippen molar-refractivity contribution in [2.75, 3.05) is 7.11 Å². The molecular weight excluding hydrogens is 192 g/mol. The van der Waals surface area contributed by atoms with E-state index in [-0.39, 0.29) is 0 Å². The monoisotopic (exact) mass is 202 g/mol. The molecule has 76 valence electrons. The lowest BCUT2D eigenvalue weighted by atomic mass is 10.1. The highest BCUT2D eigenvalue weighted by atomic mass is 16.5. The van der Waals surface area contributed by atoms with Gasteiger partial charge in [-0.15, -0.1) is 0 Å². The van der Waals surface area contributed by atoms with Crippen molar-refractivity contribution >= 4 is 6.09 Å². The highest BCUT2D eigenvalue weighted by molar-refractivity contribution is 5.76. The zero-order chi connectivity index (χ0) is 10.7. The third-order valence-corrected chi connectivity index (χ3v) is 2.06. The van der Waals surface area contributed by atoms with Crippen molar-refractivity contribution in [3.63, 3.8) is 0 Å². The summed E-state index contributed by atoms with van der Waals surface area (Å²) in [5, 5.41) is 3.91. The van der Waals surface area contributed by atoms with E-state index in [0.29, 0.717) is 0 Å². The quantitative estimate of drug-likeness (QED) is 0.711. The van der Waals surface area contributed by atoms with Gasteiger partial charge in [-0.1, -0.05) is 30.3 Å². The van der Waals surface area contributed by atoms with Gasteiger partial charge in [0.05, 0.1) is 19.0 Å². The molecule has 1 aromatic heterocycles. The van der Waals surface area contributed by atoms with Crippen LogP contribution in [0.2, 0.25) is 0 Å². The molecule has 1 aromatic carbocycles. The summed E-state index contributed by atoms with van der Waals surface area (Å²) in [4.78, 5) is 11.3. The van der Waals surface area contributed by atoms with Crippen LogP contribution in [0.1, 0.15) is 0 Å². The van der Waals surface area contributed by atoms with E-state index >= 15 is 0 Å². The molecule has 1 heterocycles. The van der Waals surface area contributed by atoms with Gasteiger partial charge in [-0.2, -0.15) is 9.78 Å². The number of carbonyl (C=O) groups is 1. The van der Waals surface area contributed by atoms with Crippen LogP contribution < -0.4 is 0 Å². The van der Waals surface area contributed by atoms with Gasteiger partial charge in [-0.05, 0) is 6.07 Å². The molecular formula is C11H10N2O2. The van der Waals surface area contributed by atoms with E-state index in [1.54, 1.807) is 12.3 Å². The molecule has 0 aliphatic heterocycles. The van der Waals surface area contributed by atoms with E-state index in [4.69, 9.17) is 0 Å². The minimum Gasteiger partial charge on any atom is -0.451 e. The maximum absolute atomic E-state index is 11.3. The largest absolute Gasteiger partial charge is 0.451 e. The molecule has 0 amide bonds. The maximum Gasteiger partial charge on any atom is 0.434 e. The van der Waals surface area contributed by atoms with Crippen molar-refractivity contribution in [2.24, 2.45) is 0 Å². The van der Waals surface area contributed by atoms with Crippen LogP contribution in [-0.2, 0) is 4.74 Å². The number of rotatable bonds is 1. The molecule has 0 radical (unpaired) electrons. The predicted octanol–water partition coefficient (Wildman–Crippen LogP) is 2.16. The maximum atomic E-state index is 11.3. The minimum absolute atomic E-state index is 0.487. The summed E-state index contributed by atoms with van der Waals surface area (Å²) in [5.74, 6) is 0. The summed E-state index contributed by atoms with van der Waals surface area (Å²) in [6, 6.07) is 11.3. The number of benzene rings is 1. The molecule has 0 saturated heterocycles. The first-order chi connectivity index (χ1) is 7.33. The van der Waals surface area contributed by atoms with Gasteiger partial charge >= 0.3 is 6.09 Å². The lowest BCUT2D eigenvalue weighted by Crippen LogP contribution is -2.13. The molecule has 2 rings (SSSR count). The Hall–Kier alpha value is -2.10. The summed E-state index contributed by atoms with van der Waals surface area (Å²) in [5.41, 5.74) is 1.66. The Labute approximate surface area is 87.1 Å². The number of hydrogen-bond acceptors (Lipinski definition) is 3. The third kappa shape index (κ3) is 1.74. The van der Waals surface area contributed by atoms with Crippen molar-refractivity contribution < 1.29 is 9.53 Å². The van der Waals surface area contributed by atoms with Crippen LogP contribution in [0.15, 0.2) is 42.6 Å². The number of ether oxygens (including phenoxy) is 1.